The second-order valence-corrected chi connectivity index (χ2v) is 5.22. The number of hydrogen-bond acceptors (Lipinski definition) is 3. The molecular weight excluding hydrogens is 351 g/mol. The quantitative estimate of drug-likeness (QED) is 0.602. The van der Waals surface area contributed by atoms with Crippen molar-refractivity contribution in [3.05, 3.63) is 57.4 Å². The highest BCUT2D eigenvalue weighted by molar-refractivity contribution is 14.1. The molecule has 0 spiro atoms. The highest BCUT2D eigenvalue weighted by Crippen LogP contribution is 2.16. The van der Waals surface area contributed by atoms with Gasteiger partial charge in [0.25, 0.3) is 0 Å². The summed E-state index contributed by atoms with van der Waals surface area (Å²) in [4.78, 5) is 3.94. The number of halogens is 1. The molecule has 0 unspecified atom stereocenters. The van der Waals surface area contributed by atoms with E-state index in [2.05, 4.69) is 33.6 Å². The smallest absolute Gasteiger partial charge is 0.122 e. The van der Waals surface area contributed by atoms with E-state index in [1.165, 1.54) is 9.13 Å². The van der Waals surface area contributed by atoms with Crippen LogP contribution in [0.4, 0.5) is 0 Å². The van der Waals surface area contributed by atoms with Gasteiger partial charge in [-0.15, -0.1) is 0 Å². The first-order valence-electron chi connectivity index (χ1n) is 6.01. The Bertz CT molecular complexity index is 578. The van der Waals surface area contributed by atoms with Crippen molar-refractivity contribution in [3.8, 4) is 11.8 Å². The molecule has 0 aliphatic carbocycles. The first-order chi connectivity index (χ1) is 9.29. The van der Waals surface area contributed by atoms with Crippen LogP contribution in [0.1, 0.15) is 17.5 Å². The normalized spacial score (nSPS) is 9.89. The molecule has 0 fully saturated rings. The van der Waals surface area contributed by atoms with E-state index in [1.807, 2.05) is 30.3 Å². The van der Waals surface area contributed by atoms with Gasteiger partial charge in [0, 0.05) is 16.0 Å². The van der Waals surface area contributed by atoms with E-state index in [1.54, 1.807) is 12.4 Å². The van der Waals surface area contributed by atoms with Crippen LogP contribution in [0, 0.1) is 14.9 Å². The Morgan fingerprint density at radius 1 is 1.21 bits per heavy atom. The number of rotatable bonds is 5. The van der Waals surface area contributed by atoms with Crippen molar-refractivity contribution < 1.29 is 4.74 Å². The molecule has 19 heavy (non-hydrogen) atoms. The molecule has 0 saturated heterocycles. The van der Waals surface area contributed by atoms with E-state index >= 15 is 0 Å². The monoisotopic (exact) mass is 364 g/mol. The third-order valence-corrected chi connectivity index (χ3v) is 3.74. The van der Waals surface area contributed by atoms with Crippen molar-refractivity contribution in [2.45, 2.75) is 12.8 Å². The second kappa shape index (κ2) is 7.10. The van der Waals surface area contributed by atoms with Crippen molar-refractivity contribution in [2.24, 2.45) is 0 Å². The Labute approximate surface area is 126 Å². The molecule has 3 nitrogen and oxygen atoms in total. The molecule has 1 heterocycles. The van der Waals surface area contributed by atoms with Gasteiger partial charge in [-0.2, -0.15) is 5.26 Å². The molecule has 96 valence electrons. The summed E-state index contributed by atoms with van der Waals surface area (Å²) < 4.78 is 6.81. The molecule has 0 saturated carbocycles. The zero-order chi connectivity index (χ0) is 13.5. The predicted molar refractivity (Wildman–Crippen MR) is 81.9 cm³/mol. The van der Waals surface area contributed by atoms with Crippen LogP contribution in [0.15, 0.2) is 42.7 Å². The number of benzene rings is 1. The lowest BCUT2D eigenvalue weighted by atomic mass is 10.1. The largest absolute Gasteiger partial charge is 0.493 e. The Kier molecular flexibility index (Phi) is 5.16. The molecule has 4 heteroatoms. The third kappa shape index (κ3) is 4.21. The molecule has 0 N–H and O–H groups in total. The van der Waals surface area contributed by atoms with Crippen LogP contribution < -0.4 is 4.74 Å². The van der Waals surface area contributed by atoms with E-state index in [-0.39, 0.29) is 0 Å². The van der Waals surface area contributed by atoms with E-state index < -0.39 is 0 Å². The van der Waals surface area contributed by atoms with Crippen LogP contribution in [-0.4, -0.2) is 11.6 Å². The highest BCUT2D eigenvalue weighted by atomic mass is 127. The predicted octanol–water partition coefficient (Wildman–Crippen LogP) is 3.57. The second-order valence-electron chi connectivity index (χ2n) is 4.05. The molecule has 0 aliphatic rings. The summed E-state index contributed by atoms with van der Waals surface area (Å²) in [6.45, 7) is 0.664. The molecule has 1 aromatic heterocycles. The van der Waals surface area contributed by atoms with E-state index in [9.17, 15) is 0 Å². The highest BCUT2D eigenvalue weighted by Gasteiger charge is 2.02. The zero-order valence-corrected chi connectivity index (χ0v) is 12.5. The first-order valence-corrected chi connectivity index (χ1v) is 7.09. The summed E-state index contributed by atoms with van der Waals surface area (Å²) in [5.41, 5.74) is 1.92. The van der Waals surface area contributed by atoms with Crippen LogP contribution in [0.25, 0.3) is 0 Å². The van der Waals surface area contributed by atoms with Crippen LogP contribution >= 0.6 is 22.6 Å². The van der Waals surface area contributed by atoms with E-state index in [4.69, 9.17) is 10.00 Å². The average Bonchev–Trinajstić information content (AvgIpc) is 2.46. The van der Waals surface area contributed by atoms with Crippen molar-refractivity contribution in [1.29, 1.82) is 5.26 Å². The lowest BCUT2D eigenvalue weighted by Gasteiger charge is -2.07. The Morgan fingerprint density at radius 2 is 2.00 bits per heavy atom. The minimum Gasteiger partial charge on any atom is -0.493 e. The van der Waals surface area contributed by atoms with Crippen molar-refractivity contribution in [1.82, 2.24) is 4.98 Å². The molecule has 1 aromatic carbocycles. The fourth-order valence-electron chi connectivity index (χ4n) is 1.72. The fourth-order valence-corrected chi connectivity index (χ4v) is 2.33. The Hall–Kier alpha value is -1.61. The Balaban J connectivity index is 1.85. The van der Waals surface area contributed by atoms with Gasteiger partial charge < -0.3 is 4.74 Å². The molecule has 0 aliphatic heterocycles. The summed E-state index contributed by atoms with van der Waals surface area (Å²) >= 11 is 2.30. The number of hydrogen-bond donors (Lipinski definition) is 0. The number of ether oxygens (including phenoxy) is 1. The summed E-state index contributed by atoms with van der Waals surface area (Å²) in [6, 6.07) is 11.6. The minimum atomic E-state index is 0.664. The standard InChI is InChI=1S/C15H13IN2O/c16-15-4-3-12(11-17)10-13(15)2-1-9-19-14-5-7-18-8-6-14/h3-8,10H,1-2,9H2. The van der Waals surface area contributed by atoms with Gasteiger partial charge in [0.1, 0.15) is 5.75 Å². The number of pyridine rings is 1. The Morgan fingerprint density at radius 3 is 2.74 bits per heavy atom. The van der Waals surface area contributed by atoms with E-state index in [0.717, 1.165) is 18.6 Å². The topological polar surface area (TPSA) is 45.9 Å². The van der Waals surface area contributed by atoms with Gasteiger partial charge in [0.2, 0.25) is 0 Å². The van der Waals surface area contributed by atoms with Crippen LogP contribution in [0.3, 0.4) is 0 Å². The van der Waals surface area contributed by atoms with E-state index in [0.29, 0.717) is 12.2 Å². The minimum absolute atomic E-state index is 0.664. The molecule has 2 rings (SSSR count). The van der Waals surface area contributed by atoms with Gasteiger partial charge in [-0.25, -0.2) is 0 Å². The van der Waals surface area contributed by atoms with Gasteiger partial charge in [-0.1, -0.05) is 0 Å². The van der Waals surface area contributed by atoms with Gasteiger partial charge in [-0.3, -0.25) is 4.98 Å². The summed E-state index contributed by atoms with van der Waals surface area (Å²) in [5, 5.41) is 8.89. The van der Waals surface area contributed by atoms with Crippen molar-refractivity contribution in [3.63, 3.8) is 0 Å². The SMILES string of the molecule is N#Cc1ccc(I)c(CCCOc2ccncc2)c1. The van der Waals surface area contributed by atoms with Crippen molar-refractivity contribution >= 4 is 22.6 Å². The van der Waals surface area contributed by atoms with Crippen LogP contribution in [0.5, 0.6) is 5.75 Å². The molecule has 0 radical (unpaired) electrons. The summed E-state index contributed by atoms with van der Waals surface area (Å²) in [7, 11) is 0. The molecular formula is C15H13IN2O. The average molecular weight is 364 g/mol. The summed E-state index contributed by atoms with van der Waals surface area (Å²) in [6.07, 6.45) is 5.27. The molecule has 0 bridgehead atoms. The van der Waals surface area contributed by atoms with Gasteiger partial charge in [0.05, 0.1) is 18.2 Å². The van der Waals surface area contributed by atoms with Crippen LogP contribution in [0.2, 0.25) is 0 Å². The number of aromatic nitrogens is 1. The zero-order valence-electron chi connectivity index (χ0n) is 10.3. The summed E-state index contributed by atoms with van der Waals surface area (Å²) in [5.74, 6) is 0.843. The van der Waals surface area contributed by atoms with Crippen LogP contribution in [-0.2, 0) is 6.42 Å². The lowest BCUT2D eigenvalue weighted by Crippen LogP contribution is -2.00. The number of nitrogens with zero attached hydrogens (tertiary/aromatic N) is 2. The number of aryl methyl sites for hydroxylation is 1. The molecule has 2 aromatic rings. The van der Waals surface area contributed by atoms with Gasteiger partial charge >= 0.3 is 0 Å². The van der Waals surface area contributed by atoms with Gasteiger partial charge in [-0.05, 0) is 71.3 Å². The first kappa shape index (κ1) is 13.8. The molecule has 0 atom stereocenters. The van der Waals surface area contributed by atoms with Gasteiger partial charge in [0.15, 0.2) is 0 Å². The maximum absolute atomic E-state index is 8.89. The van der Waals surface area contributed by atoms with Crippen molar-refractivity contribution in [2.75, 3.05) is 6.61 Å². The third-order valence-electron chi connectivity index (χ3n) is 2.68. The number of nitriles is 1. The fraction of sp³-hybridized carbons (Fsp3) is 0.200. The maximum Gasteiger partial charge on any atom is 0.122 e. The lowest BCUT2D eigenvalue weighted by molar-refractivity contribution is 0.310. The molecule has 0 amide bonds. The maximum atomic E-state index is 8.89.